The second-order valence-corrected chi connectivity index (χ2v) is 5.51. The Labute approximate surface area is 124 Å². The largest absolute Gasteiger partial charge is 0.344 e. The van der Waals surface area contributed by atoms with Gasteiger partial charge < -0.3 is 10.6 Å². The van der Waals surface area contributed by atoms with Gasteiger partial charge in [-0.1, -0.05) is 24.3 Å². The zero-order chi connectivity index (χ0) is 14.8. The van der Waals surface area contributed by atoms with Crippen LogP contribution < -0.4 is 10.6 Å². The number of aryl methyl sites for hydroxylation is 1. The van der Waals surface area contributed by atoms with Gasteiger partial charge in [-0.25, -0.2) is 0 Å². The molecule has 1 unspecified atom stereocenters. The lowest BCUT2D eigenvalue weighted by molar-refractivity contribution is 0.0933. The van der Waals surface area contributed by atoms with Crippen molar-refractivity contribution in [3.05, 3.63) is 52.3 Å². The molecule has 1 aromatic carbocycles. The lowest BCUT2D eigenvalue weighted by Gasteiger charge is -2.17. The first-order valence-electron chi connectivity index (χ1n) is 7.30. The Balaban J connectivity index is 1.78. The number of benzene rings is 1. The van der Waals surface area contributed by atoms with Gasteiger partial charge in [0.2, 0.25) is 0 Å². The number of carbonyl (C=O) groups is 1. The van der Waals surface area contributed by atoms with Crippen molar-refractivity contribution in [1.82, 2.24) is 20.8 Å². The normalized spacial score (nSPS) is 15.3. The number of aromatic amines is 1. The molecule has 0 bridgehead atoms. The molecule has 3 N–H and O–H groups in total. The number of hydrogen-bond acceptors (Lipinski definition) is 3. The molecule has 0 saturated carbocycles. The van der Waals surface area contributed by atoms with Crippen molar-refractivity contribution in [1.29, 1.82) is 0 Å². The van der Waals surface area contributed by atoms with Gasteiger partial charge in [0.25, 0.3) is 5.91 Å². The highest BCUT2D eigenvalue weighted by molar-refractivity contribution is 5.94. The number of nitrogens with zero attached hydrogens (tertiary/aromatic N) is 1. The van der Waals surface area contributed by atoms with Crippen molar-refractivity contribution in [3.63, 3.8) is 0 Å². The summed E-state index contributed by atoms with van der Waals surface area (Å²) in [4.78, 5) is 12.5. The maximum absolute atomic E-state index is 12.5. The molecule has 1 aliphatic heterocycles. The Hall–Kier alpha value is -2.14. The molecule has 1 amide bonds. The highest BCUT2D eigenvalue weighted by Gasteiger charge is 2.22. The van der Waals surface area contributed by atoms with Crippen molar-refractivity contribution in [2.24, 2.45) is 0 Å². The molecule has 2 aromatic rings. The number of aromatic nitrogens is 2. The molecule has 1 atom stereocenters. The maximum Gasteiger partial charge on any atom is 0.272 e. The van der Waals surface area contributed by atoms with Crippen LogP contribution in [-0.2, 0) is 13.0 Å². The van der Waals surface area contributed by atoms with Crippen LogP contribution in [0.5, 0.6) is 0 Å². The van der Waals surface area contributed by atoms with Crippen molar-refractivity contribution in [2.45, 2.75) is 32.9 Å². The van der Waals surface area contributed by atoms with Gasteiger partial charge in [0.05, 0.1) is 6.04 Å². The fourth-order valence-corrected chi connectivity index (χ4v) is 2.83. The summed E-state index contributed by atoms with van der Waals surface area (Å²) in [5, 5.41) is 13.5. The number of carbonyl (C=O) groups excluding carboxylic acids is 1. The molecule has 0 radical (unpaired) electrons. The molecule has 1 aliphatic rings. The van der Waals surface area contributed by atoms with E-state index in [1.807, 2.05) is 25.1 Å². The first-order valence-corrected chi connectivity index (χ1v) is 7.30. The van der Waals surface area contributed by atoms with Crippen LogP contribution in [0.4, 0.5) is 0 Å². The third kappa shape index (κ3) is 2.69. The highest BCUT2D eigenvalue weighted by atomic mass is 16.2. The third-order valence-corrected chi connectivity index (χ3v) is 4.02. The van der Waals surface area contributed by atoms with Gasteiger partial charge in [0, 0.05) is 30.8 Å². The van der Waals surface area contributed by atoms with E-state index in [0.717, 1.165) is 29.8 Å². The molecule has 0 aliphatic carbocycles. The Morgan fingerprint density at radius 3 is 3.00 bits per heavy atom. The number of H-pyrrole nitrogens is 1. The van der Waals surface area contributed by atoms with E-state index in [1.165, 1.54) is 5.56 Å². The Kier molecular flexibility index (Phi) is 3.75. The summed E-state index contributed by atoms with van der Waals surface area (Å²) >= 11 is 0. The second kappa shape index (κ2) is 5.69. The van der Waals surface area contributed by atoms with Crippen LogP contribution >= 0.6 is 0 Å². The van der Waals surface area contributed by atoms with Crippen molar-refractivity contribution in [3.8, 4) is 0 Å². The first kappa shape index (κ1) is 13.8. The summed E-state index contributed by atoms with van der Waals surface area (Å²) in [7, 11) is 0. The van der Waals surface area contributed by atoms with E-state index in [0.29, 0.717) is 12.2 Å². The van der Waals surface area contributed by atoms with Gasteiger partial charge >= 0.3 is 0 Å². The summed E-state index contributed by atoms with van der Waals surface area (Å²) in [6, 6.07) is 8.05. The topological polar surface area (TPSA) is 69.8 Å². The quantitative estimate of drug-likeness (QED) is 0.805. The van der Waals surface area contributed by atoms with Gasteiger partial charge in [-0.05, 0) is 25.0 Å². The smallest absolute Gasteiger partial charge is 0.272 e. The molecule has 21 heavy (non-hydrogen) atoms. The second-order valence-electron chi connectivity index (χ2n) is 5.51. The number of amides is 1. The monoisotopic (exact) mass is 284 g/mol. The van der Waals surface area contributed by atoms with Gasteiger partial charge in [0.1, 0.15) is 0 Å². The minimum atomic E-state index is -0.119. The molecule has 5 heteroatoms. The van der Waals surface area contributed by atoms with Gasteiger partial charge in [-0.3, -0.25) is 9.89 Å². The molecule has 0 saturated heterocycles. The lowest BCUT2D eigenvalue weighted by atomic mass is 10.0. The predicted octanol–water partition coefficient (Wildman–Crippen LogP) is 1.85. The first-order chi connectivity index (χ1) is 10.2. The van der Waals surface area contributed by atoms with E-state index >= 15 is 0 Å². The van der Waals surface area contributed by atoms with Crippen LogP contribution in [0.1, 0.15) is 45.8 Å². The van der Waals surface area contributed by atoms with Crippen LogP contribution in [0.2, 0.25) is 0 Å². The van der Waals surface area contributed by atoms with Gasteiger partial charge in [0.15, 0.2) is 5.69 Å². The Morgan fingerprint density at radius 1 is 1.38 bits per heavy atom. The van der Waals surface area contributed by atoms with E-state index < -0.39 is 0 Å². The molecule has 2 heterocycles. The van der Waals surface area contributed by atoms with Crippen molar-refractivity contribution in [2.75, 3.05) is 6.54 Å². The molecule has 3 rings (SSSR count). The number of rotatable bonds is 3. The van der Waals surface area contributed by atoms with E-state index in [1.54, 1.807) is 0 Å². The summed E-state index contributed by atoms with van der Waals surface area (Å²) in [5.41, 5.74) is 4.89. The van der Waals surface area contributed by atoms with Crippen LogP contribution in [0.15, 0.2) is 24.3 Å². The highest BCUT2D eigenvalue weighted by Crippen LogP contribution is 2.19. The standard InChI is InChI=1S/C16H20N4O/c1-10-5-3-4-6-12(10)11(2)18-16(21)15-13-9-17-8-7-14(13)19-20-15/h3-6,11,17H,7-9H2,1-2H3,(H,18,21)(H,19,20). The SMILES string of the molecule is Cc1ccccc1C(C)NC(=O)c1n[nH]c2c1CNCC2. The summed E-state index contributed by atoms with van der Waals surface area (Å²) in [5.74, 6) is -0.119. The van der Waals surface area contributed by atoms with E-state index in [9.17, 15) is 4.79 Å². The minimum absolute atomic E-state index is 0.0393. The molecular formula is C16H20N4O. The molecule has 0 fully saturated rings. The Morgan fingerprint density at radius 2 is 2.19 bits per heavy atom. The summed E-state index contributed by atoms with van der Waals surface area (Å²) < 4.78 is 0. The van der Waals surface area contributed by atoms with Crippen molar-refractivity contribution < 1.29 is 4.79 Å². The zero-order valence-corrected chi connectivity index (χ0v) is 12.4. The van der Waals surface area contributed by atoms with Gasteiger partial charge in [-0.15, -0.1) is 0 Å². The number of nitrogens with one attached hydrogen (secondary N) is 3. The molecule has 0 spiro atoms. The van der Waals surface area contributed by atoms with Crippen LogP contribution in [0.25, 0.3) is 0 Å². The van der Waals surface area contributed by atoms with E-state index in [-0.39, 0.29) is 11.9 Å². The van der Waals surface area contributed by atoms with Crippen LogP contribution in [0.3, 0.4) is 0 Å². The summed E-state index contributed by atoms with van der Waals surface area (Å²) in [6.45, 7) is 5.68. The molecular weight excluding hydrogens is 264 g/mol. The Bertz CT molecular complexity index is 662. The molecule has 110 valence electrons. The minimum Gasteiger partial charge on any atom is -0.344 e. The summed E-state index contributed by atoms with van der Waals surface area (Å²) in [6.07, 6.45) is 0.892. The van der Waals surface area contributed by atoms with Crippen molar-refractivity contribution >= 4 is 5.91 Å². The number of fused-ring (bicyclic) bond motifs is 1. The van der Waals surface area contributed by atoms with Crippen LogP contribution in [0, 0.1) is 6.92 Å². The molecule has 1 aromatic heterocycles. The third-order valence-electron chi connectivity index (χ3n) is 4.02. The van der Waals surface area contributed by atoms with Crippen LogP contribution in [-0.4, -0.2) is 22.6 Å². The van der Waals surface area contributed by atoms with Gasteiger partial charge in [-0.2, -0.15) is 5.10 Å². The fraction of sp³-hybridized carbons (Fsp3) is 0.375. The zero-order valence-electron chi connectivity index (χ0n) is 12.4. The molecule has 5 nitrogen and oxygen atoms in total. The van der Waals surface area contributed by atoms with E-state index in [4.69, 9.17) is 0 Å². The number of hydrogen-bond donors (Lipinski definition) is 3. The lowest BCUT2D eigenvalue weighted by Crippen LogP contribution is -2.30. The average Bonchev–Trinajstić information content (AvgIpc) is 2.91. The fourth-order valence-electron chi connectivity index (χ4n) is 2.83. The maximum atomic E-state index is 12.5. The predicted molar refractivity (Wildman–Crippen MR) is 81.1 cm³/mol. The van der Waals surface area contributed by atoms with E-state index in [2.05, 4.69) is 33.8 Å². The average molecular weight is 284 g/mol.